The third-order valence-corrected chi connectivity index (χ3v) is 0.989. The van der Waals surface area contributed by atoms with Crippen LogP contribution in [0.1, 0.15) is 14.3 Å². The Morgan fingerprint density at radius 2 is 1.36 bits per heavy atom. The van der Waals surface area contributed by atoms with Crippen LogP contribution in [0, 0.1) is 0 Å². The topological polar surface area (TPSA) is 52.6 Å². The fraction of sp³-hybridized carbons (Fsp3) is 0.667. The monoisotopic (exact) mass is 170 g/mol. The Bertz CT molecular complexity index is 124. The molecule has 0 aromatic rings. The first-order valence-corrected chi connectivity index (χ1v) is 2.84. The maximum absolute atomic E-state index is 10.4. The van der Waals surface area contributed by atoms with Gasteiger partial charge in [-0.25, -0.2) is 0 Å². The smallest absolute Gasteiger partial charge is 1.00 e. The van der Waals surface area contributed by atoms with E-state index < -0.39 is 11.9 Å². The molecule has 11 heavy (non-hydrogen) atoms. The van der Waals surface area contributed by atoms with E-state index in [1.54, 1.807) is 0 Å². The molecule has 5 heteroatoms. The van der Waals surface area contributed by atoms with Crippen LogP contribution in [0.25, 0.3) is 0 Å². The summed E-state index contributed by atoms with van der Waals surface area (Å²) in [4.78, 5) is 20.8. The van der Waals surface area contributed by atoms with Crippen molar-refractivity contribution < 1.29 is 50.0 Å². The predicted molar refractivity (Wildman–Crippen MR) is 34.4 cm³/mol. The number of carbonyl (C=O) groups excluding carboxylic acids is 2. The maximum Gasteiger partial charge on any atom is 1.00 e. The van der Waals surface area contributed by atoms with Crippen LogP contribution >= 0.6 is 0 Å². The first-order valence-electron chi connectivity index (χ1n) is 2.84. The molecule has 0 saturated heterocycles. The largest absolute Gasteiger partial charge is 1.00 e. The molecule has 0 atom stereocenters. The molecule has 0 rings (SSSR count). The van der Waals surface area contributed by atoms with E-state index in [2.05, 4.69) is 9.47 Å². The molecule has 0 spiro atoms. The van der Waals surface area contributed by atoms with Crippen molar-refractivity contribution in [3.63, 3.8) is 0 Å². The number of hydrogen-bond donors (Lipinski definition) is 0. The second-order valence-corrected chi connectivity index (χ2v) is 1.65. The van der Waals surface area contributed by atoms with Gasteiger partial charge in [0.15, 0.2) is 0 Å². The van der Waals surface area contributed by atoms with E-state index in [4.69, 9.17) is 0 Å². The Morgan fingerprint density at radius 3 is 1.55 bits per heavy atom. The second-order valence-electron chi connectivity index (χ2n) is 1.65. The van der Waals surface area contributed by atoms with Gasteiger partial charge in [0, 0.05) is 0 Å². The summed E-state index contributed by atoms with van der Waals surface area (Å²) in [6.07, 6.45) is 0.173. The molecule has 0 radical (unpaired) electrons. The van der Waals surface area contributed by atoms with Crippen LogP contribution in [0.4, 0.5) is 0 Å². The summed E-state index contributed by atoms with van der Waals surface area (Å²) in [7, 11) is 2.55. The normalized spacial score (nSPS) is 7.82. The van der Waals surface area contributed by atoms with Gasteiger partial charge in [0.1, 0.15) is 0 Å². The maximum atomic E-state index is 10.4. The molecule has 0 saturated carbocycles. The molecular formula is C6H11NaO4. The van der Waals surface area contributed by atoms with E-state index >= 15 is 0 Å². The summed E-state index contributed by atoms with van der Waals surface area (Å²) in [5, 5.41) is 0. The molecule has 0 aromatic heterocycles. The van der Waals surface area contributed by atoms with Gasteiger partial charge in [-0.05, 0) is 0 Å². The number of hydrogen-bond acceptors (Lipinski definition) is 4. The van der Waals surface area contributed by atoms with Gasteiger partial charge >= 0.3 is 41.5 Å². The van der Waals surface area contributed by atoms with Crippen molar-refractivity contribution >= 4 is 11.9 Å². The van der Waals surface area contributed by atoms with Crippen LogP contribution in [0.15, 0.2) is 0 Å². The van der Waals surface area contributed by atoms with E-state index in [1.807, 2.05) is 0 Å². The Hall–Kier alpha value is -0.0600. The second kappa shape index (κ2) is 8.04. The first kappa shape index (κ1) is 13.5. The van der Waals surface area contributed by atoms with Crippen molar-refractivity contribution in [2.24, 2.45) is 0 Å². The van der Waals surface area contributed by atoms with Crippen molar-refractivity contribution in [3.8, 4) is 0 Å². The van der Waals surface area contributed by atoms with Crippen LogP contribution in [0.5, 0.6) is 0 Å². The molecule has 0 fully saturated rings. The minimum Gasteiger partial charge on any atom is -1.00 e. The number of methoxy groups -OCH3 is 2. The Balaban J connectivity index is -0.000000405. The van der Waals surface area contributed by atoms with Crippen molar-refractivity contribution in [3.05, 3.63) is 0 Å². The van der Waals surface area contributed by atoms with Gasteiger partial charge in [0.05, 0.1) is 27.1 Å². The molecule has 0 heterocycles. The van der Waals surface area contributed by atoms with E-state index in [9.17, 15) is 9.59 Å². The van der Waals surface area contributed by atoms with Crippen molar-refractivity contribution in [2.45, 2.75) is 12.8 Å². The third kappa shape index (κ3) is 7.84. The van der Waals surface area contributed by atoms with Crippen molar-refractivity contribution in [1.29, 1.82) is 0 Å². The Kier molecular flexibility index (Phi) is 9.89. The summed E-state index contributed by atoms with van der Waals surface area (Å²) in [6.45, 7) is 0. The number of carbonyl (C=O) groups is 2. The standard InChI is InChI=1S/C6H10O4.Na.H/c1-9-5(7)3-4-6(8)10-2;;/h3-4H2,1-2H3;;/q;+1;-1. The van der Waals surface area contributed by atoms with E-state index in [-0.39, 0.29) is 43.8 Å². The molecule has 0 aliphatic carbocycles. The molecule has 0 aliphatic heterocycles. The number of esters is 2. The zero-order valence-corrected chi connectivity index (χ0v) is 9.05. The van der Waals surface area contributed by atoms with Crippen LogP contribution in [-0.2, 0) is 19.1 Å². The van der Waals surface area contributed by atoms with Crippen LogP contribution in [0.2, 0.25) is 0 Å². The summed E-state index contributed by atoms with van der Waals surface area (Å²) in [5.74, 6) is -0.796. The SMILES string of the molecule is COC(=O)CCC(=O)OC.[H-].[Na+]. The fourth-order valence-corrected chi connectivity index (χ4v) is 0.408. The van der Waals surface area contributed by atoms with Crippen LogP contribution < -0.4 is 29.6 Å². The zero-order chi connectivity index (χ0) is 7.98. The van der Waals surface area contributed by atoms with Gasteiger partial charge in [-0.3, -0.25) is 9.59 Å². The molecular weight excluding hydrogens is 159 g/mol. The molecule has 0 aromatic carbocycles. The summed E-state index contributed by atoms with van der Waals surface area (Å²) < 4.78 is 8.60. The van der Waals surface area contributed by atoms with E-state index in [0.717, 1.165) is 0 Å². The molecule has 0 aliphatic rings. The molecule has 0 bridgehead atoms. The predicted octanol–water partition coefficient (Wildman–Crippen LogP) is -2.77. The van der Waals surface area contributed by atoms with Gasteiger partial charge in [0.2, 0.25) is 0 Å². The van der Waals surface area contributed by atoms with E-state index in [1.165, 1.54) is 14.2 Å². The van der Waals surface area contributed by atoms with Gasteiger partial charge in [-0.1, -0.05) is 0 Å². The molecule has 60 valence electrons. The van der Waals surface area contributed by atoms with Crippen molar-refractivity contribution in [2.75, 3.05) is 14.2 Å². The third-order valence-electron chi connectivity index (χ3n) is 0.989. The van der Waals surface area contributed by atoms with Gasteiger partial charge < -0.3 is 10.9 Å². The molecule has 0 unspecified atom stereocenters. The Morgan fingerprint density at radius 1 is 1.09 bits per heavy atom. The average Bonchev–Trinajstić information content (AvgIpc) is 1.99. The molecule has 0 amide bonds. The van der Waals surface area contributed by atoms with Gasteiger partial charge in [0.25, 0.3) is 0 Å². The van der Waals surface area contributed by atoms with E-state index in [0.29, 0.717) is 0 Å². The molecule has 4 nitrogen and oxygen atoms in total. The summed E-state index contributed by atoms with van der Waals surface area (Å²) >= 11 is 0. The zero-order valence-electron chi connectivity index (χ0n) is 8.05. The first-order chi connectivity index (χ1) is 4.70. The van der Waals surface area contributed by atoms with Crippen molar-refractivity contribution in [1.82, 2.24) is 0 Å². The Labute approximate surface area is 89.0 Å². The van der Waals surface area contributed by atoms with Gasteiger partial charge in [-0.2, -0.15) is 0 Å². The quantitative estimate of drug-likeness (QED) is 0.340. The summed E-state index contributed by atoms with van der Waals surface area (Å²) in [6, 6.07) is 0. The van der Waals surface area contributed by atoms with Gasteiger partial charge in [-0.15, -0.1) is 0 Å². The minimum absolute atomic E-state index is 0. The summed E-state index contributed by atoms with van der Waals surface area (Å²) in [5.41, 5.74) is 0. The number of rotatable bonds is 3. The average molecular weight is 170 g/mol. The fourth-order valence-electron chi connectivity index (χ4n) is 0.408. The number of ether oxygens (including phenoxy) is 2. The van der Waals surface area contributed by atoms with Crippen LogP contribution in [-0.4, -0.2) is 26.2 Å². The minimum atomic E-state index is -0.398. The molecule has 0 N–H and O–H groups in total. The van der Waals surface area contributed by atoms with Crippen LogP contribution in [0.3, 0.4) is 0 Å².